The molecule has 0 saturated carbocycles. The third-order valence-corrected chi connectivity index (χ3v) is 6.42. The van der Waals surface area contributed by atoms with Crippen LogP contribution in [0.2, 0.25) is 0 Å². The number of nitrogens with one attached hydrogen (secondary N) is 1. The van der Waals surface area contributed by atoms with E-state index in [4.69, 9.17) is 0 Å². The number of thiophene rings is 1. The van der Waals surface area contributed by atoms with Crippen LogP contribution in [-0.2, 0) is 6.42 Å². The molecule has 1 aromatic carbocycles. The van der Waals surface area contributed by atoms with Gasteiger partial charge in [-0.05, 0) is 53.0 Å². The third-order valence-electron chi connectivity index (χ3n) is 4.74. The van der Waals surface area contributed by atoms with Crippen LogP contribution in [-0.4, -0.2) is 28.6 Å². The number of alkyl halides is 3. The lowest BCUT2D eigenvalue weighted by Crippen LogP contribution is -2.46. The van der Waals surface area contributed by atoms with Gasteiger partial charge in [0.15, 0.2) is 0 Å². The number of rotatable bonds is 2. The van der Waals surface area contributed by atoms with Gasteiger partial charge in [-0.1, -0.05) is 18.2 Å². The number of benzene rings is 1. The molecule has 0 amide bonds. The molecule has 2 atom stereocenters. The van der Waals surface area contributed by atoms with Gasteiger partial charge < -0.3 is 4.98 Å². The molecule has 0 fully saturated rings. The van der Waals surface area contributed by atoms with E-state index in [2.05, 4.69) is 20.9 Å². The van der Waals surface area contributed by atoms with Crippen molar-refractivity contribution in [3.63, 3.8) is 0 Å². The predicted octanol–water partition coefficient (Wildman–Crippen LogP) is 5.89. The Kier molecular flexibility index (Phi) is 4.21. The van der Waals surface area contributed by atoms with E-state index in [1.54, 1.807) is 4.90 Å². The van der Waals surface area contributed by atoms with Gasteiger partial charge in [-0.15, -0.1) is 11.3 Å². The van der Waals surface area contributed by atoms with Crippen molar-refractivity contribution in [2.45, 2.75) is 31.6 Å². The largest absolute Gasteiger partial charge is 0.401 e. The highest BCUT2D eigenvalue weighted by Gasteiger charge is 2.42. The molecule has 0 aliphatic carbocycles. The molecule has 0 radical (unpaired) electrons. The average Bonchev–Trinajstić information content (AvgIpc) is 3.10. The standard InChI is InChI=1S/C18H16BrF3N2S/c1-10-8-12-11-4-2-3-5-13(11)23-16(12)17(14-6-7-15(19)25-14)24(10)9-18(20,21)22/h2-7,10,17,23H,8-9H2,1H3/t10-,17-/m1/s1. The maximum absolute atomic E-state index is 13.2. The number of aromatic amines is 1. The molecule has 1 N–H and O–H groups in total. The number of H-pyrrole nitrogens is 1. The van der Waals surface area contributed by atoms with Crippen molar-refractivity contribution in [1.29, 1.82) is 0 Å². The Morgan fingerprint density at radius 1 is 1.24 bits per heavy atom. The zero-order valence-corrected chi connectivity index (χ0v) is 15.8. The molecule has 0 saturated heterocycles. The maximum Gasteiger partial charge on any atom is 0.401 e. The van der Waals surface area contributed by atoms with Crippen molar-refractivity contribution in [2.75, 3.05) is 6.54 Å². The van der Waals surface area contributed by atoms with Gasteiger partial charge in [0.2, 0.25) is 0 Å². The fourth-order valence-corrected chi connectivity index (χ4v) is 5.30. The third kappa shape index (κ3) is 3.13. The first-order valence-corrected chi connectivity index (χ1v) is 9.61. The van der Waals surface area contributed by atoms with Crippen LogP contribution in [0.5, 0.6) is 0 Å². The minimum Gasteiger partial charge on any atom is -0.357 e. The van der Waals surface area contributed by atoms with E-state index >= 15 is 0 Å². The zero-order chi connectivity index (χ0) is 17.8. The van der Waals surface area contributed by atoms with Gasteiger partial charge in [-0.2, -0.15) is 13.2 Å². The van der Waals surface area contributed by atoms with Crippen molar-refractivity contribution in [1.82, 2.24) is 9.88 Å². The van der Waals surface area contributed by atoms with Gasteiger partial charge in [0.25, 0.3) is 0 Å². The molecule has 3 aromatic rings. The molecule has 25 heavy (non-hydrogen) atoms. The Balaban J connectivity index is 1.90. The lowest BCUT2D eigenvalue weighted by Gasteiger charge is -2.40. The van der Waals surface area contributed by atoms with E-state index in [1.165, 1.54) is 11.3 Å². The van der Waals surface area contributed by atoms with Gasteiger partial charge >= 0.3 is 6.18 Å². The van der Waals surface area contributed by atoms with Gasteiger partial charge in [0.1, 0.15) is 0 Å². The smallest absolute Gasteiger partial charge is 0.357 e. The first kappa shape index (κ1) is 17.1. The summed E-state index contributed by atoms with van der Waals surface area (Å²) < 4.78 is 40.6. The highest BCUT2D eigenvalue weighted by atomic mass is 79.9. The SMILES string of the molecule is C[C@@H]1Cc2c([nH]c3ccccc23)[C@@H](c2ccc(Br)s2)N1CC(F)(F)F. The van der Waals surface area contributed by atoms with Crippen molar-refractivity contribution < 1.29 is 13.2 Å². The normalized spacial score (nSPS) is 21.6. The number of halogens is 4. The Hall–Kier alpha value is -1.31. The minimum absolute atomic E-state index is 0.195. The van der Waals surface area contributed by atoms with E-state index in [0.717, 1.165) is 30.8 Å². The van der Waals surface area contributed by atoms with Crippen LogP contribution in [0.15, 0.2) is 40.2 Å². The molecule has 7 heteroatoms. The molecular formula is C18H16BrF3N2S. The fourth-order valence-electron chi connectivity index (χ4n) is 3.74. The monoisotopic (exact) mass is 428 g/mol. The van der Waals surface area contributed by atoms with Crippen LogP contribution in [0.4, 0.5) is 13.2 Å². The van der Waals surface area contributed by atoms with Crippen LogP contribution in [0.1, 0.15) is 29.1 Å². The molecule has 0 unspecified atom stereocenters. The summed E-state index contributed by atoms with van der Waals surface area (Å²) in [5.74, 6) is 0. The van der Waals surface area contributed by atoms with E-state index in [0.29, 0.717) is 6.42 Å². The molecule has 0 spiro atoms. The molecule has 3 heterocycles. The Bertz CT molecular complexity index is 915. The van der Waals surface area contributed by atoms with Gasteiger partial charge in [-0.3, -0.25) is 4.90 Å². The molecule has 2 aromatic heterocycles. The van der Waals surface area contributed by atoms with Crippen molar-refractivity contribution >= 4 is 38.2 Å². The highest BCUT2D eigenvalue weighted by Crippen LogP contribution is 2.44. The summed E-state index contributed by atoms with van der Waals surface area (Å²) in [5.41, 5.74) is 3.00. The van der Waals surface area contributed by atoms with Crippen molar-refractivity contribution in [3.05, 3.63) is 56.3 Å². The molecule has 1 aliphatic heterocycles. The summed E-state index contributed by atoms with van der Waals surface area (Å²) in [6, 6.07) is 11.1. The van der Waals surface area contributed by atoms with Crippen molar-refractivity contribution in [3.8, 4) is 0 Å². The quantitative estimate of drug-likeness (QED) is 0.538. The number of para-hydroxylation sites is 1. The lowest BCUT2D eigenvalue weighted by molar-refractivity contribution is -0.155. The average molecular weight is 429 g/mol. The second-order valence-electron chi connectivity index (χ2n) is 6.45. The summed E-state index contributed by atoms with van der Waals surface area (Å²) in [6.07, 6.45) is -3.62. The Labute approximate surface area is 155 Å². The molecule has 132 valence electrons. The number of hydrogen-bond donors (Lipinski definition) is 1. The van der Waals surface area contributed by atoms with Crippen LogP contribution < -0.4 is 0 Å². The topological polar surface area (TPSA) is 19.0 Å². The summed E-state index contributed by atoms with van der Waals surface area (Å²) in [4.78, 5) is 5.87. The Morgan fingerprint density at radius 3 is 2.68 bits per heavy atom. The summed E-state index contributed by atoms with van der Waals surface area (Å²) in [6.45, 7) is 0.968. The summed E-state index contributed by atoms with van der Waals surface area (Å²) in [5, 5.41) is 1.11. The van der Waals surface area contributed by atoms with E-state index in [9.17, 15) is 13.2 Å². The second-order valence-corrected chi connectivity index (χ2v) is 8.94. The fraction of sp³-hybridized carbons (Fsp3) is 0.333. The number of hydrogen-bond acceptors (Lipinski definition) is 2. The number of nitrogens with zero attached hydrogens (tertiary/aromatic N) is 1. The molecule has 1 aliphatic rings. The van der Waals surface area contributed by atoms with Crippen molar-refractivity contribution in [2.24, 2.45) is 0 Å². The maximum atomic E-state index is 13.2. The number of fused-ring (bicyclic) bond motifs is 3. The summed E-state index contributed by atoms with van der Waals surface area (Å²) >= 11 is 4.92. The van der Waals surface area contributed by atoms with E-state index in [-0.39, 0.29) is 6.04 Å². The molecule has 4 rings (SSSR count). The second kappa shape index (κ2) is 6.14. The predicted molar refractivity (Wildman–Crippen MR) is 98.1 cm³/mol. The zero-order valence-electron chi connectivity index (χ0n) is 13.4. The highest BCUT2D eigenvalue weighted by molar-refractivity contribution is 9.11. The first-order chi connectivity index (χ1) is 11.8. The van der Waals surface area contributed by atoms with Gasteiger partial charge in [0.05, 0.1) is 16.4 Å². The van der Waals surface area contributed by atoms with Gasteiger partial charge in [-0.25, -0.2) is 0 Å². The molecule has 0 bridgehead atoms. The van der Waals surface area contributed by atoms with E-state index in [1.807, 2.05) is 43.3 Å². The molecular weight excluding hydrogens is 413 g/mol. The number of aromatic nitrogens is 1. The van der Waals surface area contributed by atoms with Crippen LogP contribution in [0, 0.1) is 0 Å². The molecule has 2 nitrogen and oxygen atoms in total. The Morgan fingerprint density at radius 2 is 2.00 bits per heavy atom. The van der Waals surface area contributed by atoms with Crippen LogP contribution in [0.3, 0.4) is 0 Å². The van der Waals surface area contributed by atoms with Crippen LogP contribution >= 0.6 is 27.3 Å². The first-order valence-electron chi connectivity index (χ1n) is 8.00. The lowest BCUT2D eigenvalue weighted by atomic mass is 9.91. The van der Waals surface area contributed by atoms with E-state index < -0.39 is 18.8 Å². The van der Waals surface area contributed by atoms with Crippen LogP contribution in [0.25, 0.3) is 10.9 Å². The van der Waals surface area contributed by atoms with Gasteiger partial charge in [0, 0.05) is 27.5 Å². The minimum atomic E-state index is -4.23. The summed E-state index contributed by atoms with van der Waals surface area (Å²) in [7, 11) is 0.